The largest absolute Gasteiger partial charge is 0.392 e. The number of H-pyrrole nitrogens is 1. The molecule has 1 aromatic heterocycles. The number of sulfonamides is 1. The van der Waals surface area contributed by atoms with E-state index in [2.05, 4.69) is 9.71 Å². The number of hydrogen-bond donors (Lipinski definition) is 3. The molecule has 0 aliphatic heterocycles. The number of aliphatic hydroxyl groups is 1. The van der Waals surface area contributed by atoms with Gasteiger partial charge in [-0.1, -0.05) is 13.3 Å². The van der Waals surface area contributed by atoms with Gasteiger partial charge in [-0.2, -0.15) is 0 Å². The Morgan fingerprint density at radius 2 is 2.18 bits per heavy atom. The first-order chi connectivity index (χ1) is 7.95. The molecule has 0 fully saturated rings. The van der Waals surface area contributed by atoms with Crippen LogP contribution in [0.25, 0.3) is 0 Å². The van der Waals surface area contributed by atoms with E-state index < -0.39 is 16.1 Å². The van der Waals surface area contributed by atoms with Gasteiger partial charge in [0.1, 0.15) is 0 Å². The molecule has 1 rings (SSSR count). The van der Waals surface area contributed by atoms with Gasteiger partial charge in [0.15, 0.2) is 0 Å². The number of rotatable bonds is 6. The summed E-state index contributed by atoms with van der Waals surface area (Å²) in [6.45, 7) is 1.87. The summed E-state index contributed by atoms with van der Waals surface area (Å²) in [5.41, 5.74) is -0.366. The van der Waals surface area contributed by atoms with Crippen LogP contribution in [-0.2, 0) is 10.0 Å². The fourth-order valence-corrected chi connectivity index (χ4v) is 2.33. The van der Waals surface area contributed by atoms with Crippen molar-refractivity contribution in [2.24, 2.45) is 0 Å². The van der Waals surface area contributed by atoms with Gasteiger partial charge in [0, 0.05) is 18.8 Å². The van der Waals surface area contributed by atoms with Crippen molar-refractivity contribution in [2.75, 3.05) is 6.54 Å². The molecule has 0 saturated heterocycles. The predicted molar refractivity (Wildman–Crippen MR) is 63.2 cm³/mol. The van der Waals surface area contributed by atoms with Crippen LogP contribution in [0.15, 0.2) is 28.0 Å². The SMILES string of the molecule is CCCC(O)CNS(=O)(=O)c1ccc(=O)[nH]c1. The number of aromatic amines is 1. The molecule has 0 aliphatic carbocycles. The van der Waals surface area contributed by atoms with Crippen molar-refractivity contribution >= 4 is 10.0 Å². The monoisotopic (exact) mass is 260 g/mol. The minimum Gasteiger partial charge on any atom is -0.392 e. The highest BCUT2D eigenvalue weighted by molar-refractivity contribution is 7.89. The zero-order valence-electron chi connectivity index (χ0n) is 9.51. The highest BCUT2D eigenvalue weighted by atomic mass is 32.2. The summed E-state index contributed by atoms with van der Waals surface area (Å²) in [5, 5.41) is 9.42. The molecule has 1 unspecified atom stereocenters. The first-order valence-electron chi connectivity index (χ1n) is 5.32. The number of pyridine rings is 1. The zero-order chi connectivity index (χ0) is 12.9. The Balaban J connectivity index is 2.69. The second-order valence-corrected chi connectivity index (χ2v) is 5.45. The van der Waals surface area contributed by atoms with Crippen molar-refractivity contribution in [2.45, 2.75) is 30.8 Å². The van der Waals surface area contributed by atoms with E-state index in [0.29, 0.717) is 6.42 Å². The van der Waals surface area contributed by atoms with Gasteiger partial charge in [-0.25, -0.2) is 13.1 Å². The van der Waals surface area contributed by atoms with E-state index in [-0.39, 0.29) is 17.0 Å². The summed E-state index contributed by atoms with van der Waals surface area (Å²) < 4.78 is 25.7. The lowest BCUT2D eigenvalue weighted by Gasteiger charge is -2.10. The number of aliphatic hydroxyl groups excluding tert-OH is 1. The molecule has 0 aromatic carbocycles. The molecule has 7 heteroatoms. The van der Waals surface area contributed by atoms with E-state index >= 15 is 0 Å². The first-order valence-corrected chi connectivity index (χ1v) is 6.80. The molecule has 1 heterocycles. The normalized spacial score (nSPS) is 13.5. The van der Waals surface area contributed by atoms with Crippen molar-refractivity contribution in [1.29, 1.82) is 0 Å². The van der Waals surface area contributed by atoms with Crippen molar-refractivity contribution < 1.29 is 13.5 Å². The lowest BCUT2D eigenvalue weighted by molar-refractivity contribution is 0.167. The van der Waals surface area contributed by atoms with E-state index in [1.807, 2.05) is 6.92 Å². The summed E-state index contributed by atoms with van der Waals surface area (Å²) in [6.07, 6.45) is 1.74. The minimum atomic E-state index is -3.67. The van der Waals surface area contributed by atoms with E-state index in [9.17, 15) is 18.3 Å². The van der Waals surface area contributed by atoms with Crippen LogP contribution in [0.2, 0.25) is 0 Å². The highest BCUT2D eigenvalue weighted by Crippen LogP contribution is 2.04. The van der Waals surface area contributed by atoms with Gasteiger partial charge in [-0.15, -0.1) is 0 Å². The number of aromatic nitrogens is 1. The number of nitrogens with one attached hydrogen (secondary N) is 2. The molecule has 0 aliphatic rings. The zero-order valence-corrected chi connectivity index (χ0v) is 10.3. The Labute approximate surface area is 99.7 Å². The summed E-state index contributed by atoms with van der Waals surface area (Å²) in [7, 11) is -3.67. The van der Waals surface area contributed by atoms with E-state index in [1.54, 1.807) is 0 Å². The van der Waals surface area contributed by atoms with Crippen molar-refractivity contribution in [1.82, 2.24) is 9.71 Å². The minimum absolute atomic E-state index is 0.0270. The third-order valence-corrected chi connectivity index (χ3v) is 3.62. The van der Waals surface area contributed by atoms with Crippen LogP contribution in [0, 0.1) is 0 Å². The molecular formula is C10H16N2O4S. The van der Waals surface area contributed by atoms with Crippen molar-refractivity contribution in [3.8, 4) is 0 Å². The molecule has 17 heavy (non-hydrogen) atoms. The van der Waals surface area contributed by atoms with Crippen LogP contribution < -0.4 is 10.3 Å². The summed E-state index contributed by atoms with van der Waals surface area (Å²) >= 11 is 0. The molecule has 0 spiro atoms. The van der Waals surface area contributed by atoms with E-state index in [0.717, 1.165) is 18.7 Å². The standard InChI is InChI=1S/C10H16N2O4S/c1-2-3-8(13)6-12-17(15,16)9-4-5-10(14)11-7-9/h4-5,7-8,12-13H,2-3,6H2,1H3,(H,11,14). The van der Waals surface area contributed by atoms with Gasteiger partial charge >= 0.3 is 0 Å². The van der Waals surface area contributed by atoms with E-state index in [1.165, 1.54) is 6.07 Å². The Morgan fingerprint density at radius 1 is 1.47 bits per heavy atom. The van der Waals surface area contributed by atoms with Crippen LogP contribution in [-0.4, -0.2) is 31.2 Å². The maximum absolute atomic E-state index is 11.7. The highest BCUT2D eigenvalue weighted by Gasteiger charge is 2.15. The van der Waals surface area contributed by atoms with Crippen molar-refractivity contribution in [3.05, 3.63) is 28.7 Å². The molecular weight excluding hydrogens is 244 g/mol. The maximum atomic E-state index is 11.7. The molecule has 0 radical (unpaired) electrons. The predicted octanol–water partition coefficient (Wildman–Crippen LogP) is -0.186. The third-order valence-electron chi connectivity index (χ3n) is 2.20. The molecule has 0 amide bonds. The third kappa shape index (κ3) is 4.29. The average Bonchev–Trinajstić information content (AvgIpc) is 2.28. The average molecular weight is 260 g/mol. The Bertz CT molecular complexity index is 489. The van der Waals surface area contributed by atoms with Crippen molar-refractivity contribution in [3.63, 3.8) is 0 Å². The molecule has 0 saturated carbocycles. The van der Waals surface area contributed by atoms with Crippen LogP contribution in [0.1, 0.15) is 19.8 Å². The van der Waals surface area contributed by atoms with Gasteiger partial charge in [0.05, 0.1) is 11.0 Å². The lowest BCUT2D eigenvalue weighted by Crippen LogP contribution is -2.32. The van der Waals surface area contributed by atoms with Crippen LogP contribution in [0.5, 0.6) is 0 Å². The van der Waals surface area contributed by atoms with Gasteiger partial charge in [-0.3, -0.25) is 4.79 Å². The Kier molecular flexibility index (Phi) is 4.86. The molecule has 1 atom stereocenters. The fourth-order valence-electron chi connectivity index (χ4n) is 1.29. The van der Waals surface area contributed by atoms with Crippen LogP contribution >= 0.6 is 0 Å². The van der Waals surface area contributed by atoms with Crippen LogP contribution in [0.4, 0.5) is 0 Å². The topological polar surface area (TPSA) is 99.3 Å². The van der Waals surface area contributed by atoms with E-state index in [4.69, 9.17) is 0 Å². The molecule has 96 valence electrons. The second kappa shape index (κ2) is 5.95. The van der Waals surface area contributed by atoms with Gasteiger partial charge in [0.25, 0.3) is 0 Å². The maximum Gasteiger partial charge on any atom is 0.247 e. The van der Waals surface area contributed by atoms with Crippen LogP contribution in [0.3, 0.4) is 0 Å². The Morgan fingerprint density at radius 3 is 2.71 bits per heavy atom. The summed E-state index contributed by atoms with van der Waals surface area (Å²) in [4.78, 5) is 13.0. The van der Waals surface area contributed by atoms with Gasteiger partial charge in [-0.05, 0) is 12.5 Å². The summed E-state index contributed by atoms with van der Waals surface area (Å²) in [5.74, 6) is 0. The molecule has 1 aromatic rings. The smallest absolute Gasteiger partial charge is 0.247 e. The molecule has 0 bridgehead atoms. The lowest BCUT2D eigenvalue weighted by atomic mass is 10.2. The fraction of sp³-hybridized carbons (Fsp3) is 0.500. The molecule has 6 nitrogen and oxygen atoms in total. The molecule has 3 N–H and O–H groups in total. The van der Waals surface area contributed by atoms with Gasteiger partial charge < -0.3 is 10.1 Å². The summed E-state index contributed by atoms with van der Waals surface area (Å²) in [6, 6.07) is 2.35. The second-order valence-electron chi connectivity index (χ2n) is 3.68. The first kappa shape index (κ1) is 13.9. The quantitative estimate of drug-likeness (QED) is 0.660. The Hall–Kier alpha value is -1.18. The van der Waals surface area contributed by atoms with Gasteiger partial charge in [0.2, 0.25) is 15.6 Å². The number of hydrogen-bond acceptors (Lipinski definition) is 4.